The van der Waals surface area contributed by atoms with E-state index in [1.807, 2.05) is 49.4 Å². The maximum absolute atomic E-state index is 12.8. The van der Waals surface area contributed by atoms with Crippen LogP contribution in [0.1, 0.15) is 11.3 Å². The lowest BCUT2D eigenvalue weighted by Crippen LogP contribution is -2.28. The van der Waals surface area contributed by atoms with Crippen LogP contribution in [-0.2, 0) is 6.61 Å². The number of nitrogens with zero attached hydrogens (tertiary/aromatic N) is 3. The molecule has 114 valence electrons. The number of H-pyrrole nitrogens is 1. The molecule has 0 aliphatic carbocycles. The molecular weight excluding hydrogens is 292 g/mol. The molecule has 3 aromatic heterocycles. The van der Waals surface area contributed by atoms with Crippen LogP contribution in [0.2, 0.25) is 0 Å². The van der Waals surface area contributed by atoms with Crippen LogP contribution in [0.25, 0.3) is 21.9 Å². The molecule has 0 fully saturated rings. The molecule has 0 saturated carbocycles. The Morgan fingerprint density at radius 1 is 1.17 bits per heavy atom. The highest BCUT2D eigenvalue weighted by molar-refractivity contribution is 6.02. The minimum absolute atomic E-state index is 0.256. The van der Waals surface area contributed by atoms with E-state index >= 15 is 0 Å². The molecule has 0 spiro atoms. The Bertz CT molecular complexity index is 1050. The van der Waals surface area contributed by atoms with Crippen LogP contribution in [-0.4, -0.2) is 19.9 Å². The number of rotatable bonds is 3. The first-order valence-corrected chi connectivity index (χ1v) is 7.27. The second-order valence-electron chi connectivity index (χ2n) is 5.31. The van der Waals surface area contributed by atoms with Crippen LogP contribution in [0, 0.1) is 6.92 Å². The Balaban J connectivity index is 1.91. The van der Waals surface area contributed by atoms with Crippen molar-refractivity contribution in [3.8, 4) is 0 Å². The Morgan fingerprint density at radius 3 is 2.83 bits per heavy atom. The Morgan fingerprint density at radius 2 is 2.00 bits per heavy atom. The molecule has 1 N–H and O–H groups in total. The van der Waals surface area contributed by atoms with Crippen LogP contribution < -0.4 is 10.4 Å². The van der Waals surface area contributed by atoms with Gasteiger partial charge < -0.3 is 4.84 Å². The lowest BCUT2D eigenvalue weighted by atomic mass is 10.2. The molecule has 0 unspecified atom stereocenters. The number of aromatic amines is 1. The van der Waals surface area contributed by atoms with Gasteiger partial charge >= 0.3 is 0 Å². The molecule has 1 aromatic carbocycles. The van der Waals surface area contributed by atoms with Crippen LogP contribution in [0.5, 0.6) is 0 Å². The zero-order chi connectivity index (χ0) is 15.8. The summed E-state index contributed by atoms with van der Waals surface area (Å²) in [7, 11) is 0. The summed E-state index contributed by atoms with van der Waals surface area (Å²) in [4.78, 5) is 22.8. The largest absolute Gasteiger partial charge is 0.404 e. The van der Waals surface area contributed by atoms with Crippen molar-refractivity contribution < 1.29 is 4.84 Å². The van der Waals surface area contributed by atoms with Crippen molar-refractivity contribution in [2.75, 3.05) is 0 Å². The molecule has 3 heterocycles. The van der Waals surface area contributed by atoms with Crippen molar-refractivity contribution in [1.82, 2.24) is 19.9 Å². The number of hydrogen-bond acceptors (Lipinski definition) is 4. The SMILES string of the molecule is Cc1[nH]nc2c1c(=O)n(OCc1ccccc1)c1ncccc21. The van der Waals surface area contributed by atoms with Crippen molar-refractivity contribution in [2.24, 2.45) is 0 Å². The van der Waals surface area contributed by atoms with Gasteiger partial charge in [-0.05, 0) is 24.6 Å². The summed E-state index contributed by atoms with van der Waals surface area (Å²) in [5.41, 5.74) is 2.52. The van der Waals surface area contributed by atoms with Gasteiger partial charge in [0, 0.05) is 17.3 Å². The van der Waals surface area contributed by atoms with Crippen molar-refractivity contribution in [1.29, 1.82) is 0 Å². The van der Waals surface area contributed by atoms with E-state index < -0.39 is 0 Å². The summed E-state index contributed by atoms with van der Waals surface area (Å²) >= 11 is 0. The maximum Gasteiger partial charge on any atom is 0.296 e. The molecule has 0 bridgehead atoms. The van der Waals surface area contributed by atoms with E-state index in [1.54, 1.807) is 6.20 Å². The molecular formula is C17H14N4O2. The van der Waals surface area contributed by atoms with Gasteiger partial charge in [-0.25, -0.2) is 4.98 Å². The van der Waals surface area contributed by atoms with Crippen LogP contribution in [0.15, 0.2) is 53.5 Å². The molecule has 6 heteroatoms. The van der Waals surface area contributed by atoms with E-state index in [-0.39, 0.29) is 12.2 Å². The zero-order valence-corrected chi connectivity index (χ0v) is 12.5. The quantitative estimate of drug-likeness (QED) is 0.630. The minimum Gasteiger partial charge on any atom is -0.404 e. The van der Waals surface area contributed by atoms with Crippen molar-refractivity contribution >= 4 is 21.9 Å². The van der Waals surface area contributed by atoms with Crippen LogP contribution >= 0.6 is 0 Å². The average molecular weight is 306 g/mol. The number of benzene rings is 1. The second kappa shape index (κ2) is 5.24. The van der Waals surface area contributed by atoms with Crippen molar-refractivity contribution in [3.63, 3.8) is 0 Å². The molecule has 0 saturated heterocycles. The highest BCUT2D eigenvalue weighted by Gasteiger charge is 2.16. The predicted molar refractivity (Wildman–Crippen MR) is 87.1 cm³/mol. The highest BCUT2D eigenvalue weighted by Crippen LogP contribution is 2.20. The fraction of sp³-hybridized carbons (Fsp3) is 0.118. The first-order chi connectivity index (χ1) is 11.3. The van der Waals surface area contributed by atoms with E-state index in [0.717, 1.165) is 10.9 Å². The Labute approximate surface area is 131 Å². The summed E-state index contributed by atoms with van der Waals surface area (Å²) in [6.07, 6.45) is 1.63. The van der Waals surface area contributed by atoms with E-state index in [2.05, 4.69) is 15.2 Å². The van der Waals surface area contributed by atoms with E-state index in [4.69, 9.17) is 4.84 Å². The van der Waals surface area contributed by atoms with Crippen LogP contribution in [0.4, 0.5) is 0 Å². The van der Waals surface area contributed by atoms with E-state index in [9.17, 15) is 4.79 Å². The average Bonchev–Trinajstić information content (AvgIpc) is 2.98. The van der Waals surface area contributed by atoms with Gasteiger partial charge in [0.05, 0.1) is 5.39 Å². The van der Waals surface area contributed by atoms with Crippen LogP contribution in [0.3, 0.4) is 0 Å². The third-order valence-corrected chi connectivity index (χ3v) is 3.78. The first kappa shape index (κ1) is 13.5. The smallest absolute Gasteiger partial charge is 0.296 e. The molecule has 0 aliphatic rings. The topological polar surface area (TPSA) is 72.8 Å². The monoisotopic (exact) mass is 306 g/mol. The number of pyridine rings is 2. The van der Waals surface area contributed by atoms with Gasteiger partial charge in [-0.2, -0.15) is 5.10 Å². The molecule has 0 aliphatic heterocycles. The standard InChI is InChI=1S/C17H14N4O2/c1-11-14-15(20-19-11)13-8-5-9-18-16(13)21(17(14)22)23-10-12-6-3-2-4-7-12/h2-9H,10H2,1H3,(H,19,20). The molecule has 0 radical (unpaired) electrons. The summed E-state index contributed by atoms with van der Waals surface area (Å²) < 4.78 is 1.26. The molecule has 4 aromatic rings. The molecule has 23 heavy (non-hydrogen) atoms. The van der Waals surface area contributed by atoms with Gasteiger partial charge in [-0.1, -0.05) is 30.3 Å². The van der Waals surface area contributed by atoms with Gasteiger partial charge in [-0.3, -0.25) is 9.89 Å². The third kappa shape index (κ3) is 2.15. The van der Waals surface area contributed by atoms with Gasteiger partial charge in [-0.15, -0.1) is 4.73 Å². The predicted octanol–water partition coefficient (Wildman–Crippen LogP) is 2.21. The summed E-state index contributed by atoms with van der Waals surface area (Å²) in [5.74, 6) is 0. The molecule has 4 rings (SSSR count). The molecule has 0 atom stereocenters. The number of aryl methyl sites for hydroxylation is 1. The van der Waals surface area contributed by atoms with Gasteiger partial charge in [0.2, 0.25) is 0 Å². The maximum atomic E-state index is 12.8. The number of hydrogen-bond donors (Lipinski definition) is 1. The lowest BCUT2D eigenvalue weighted by Gasteiger charge is -2.11. The Hall–Kier alpha value is -3.15. The third-order valence-electron chi connectivity index (χ3n) is 3.78. The Kier molecular flexibility index (Phi) is 3.08. The lowest BCUT2D eigenvalue weighted by molar-refractivity contribution is 0.0990. The van der Waals surface area contributed by atoms with Gasteiger partial charge in [0.15, 0.2) is 5.65 Å². The minimum atomic E-state index is -0.256. The fourth-order valence-electron chi connectivity index (χ4n) is 2.66. The summed E-state index contributed by atoms with van der Waals surface area (Å²) in [6.45, 7) is 2.11. The number of fused-ring (bicyclic) bond motifs is 3. The number of nitrogens with one attached hydrogen (secondary N) is 1. The zero-order valence-electron chi connectivity index (χ0n) is 12.5. The molecule has 6 nitrogen and oxygen atoms in total. The normalized spacial score (nSPS) is 11.2. The van der Waals surface area contributed by atoms with E-state index in [1.165, 1.54) is 4.73 Å². The van der Waals surface area contributed by atoms with Gasteiger partial charge in [0.25, 0.3) is 5.56 Å². The highest BCUT2D eigenvalue weighted by atomic mass is 16.7. The summed E-state index contributed by atoms with van der Waals surface area (Å²) in [5, 5.41) is 8.40. The van der Waals surface area contributed by atoms with Gasteiger partial charge in [0.1, 0.15) is 12.1 Å². The van der Waals surface area contributed by atoms with Crippen molar-refractivity contribution in [3.05, 3.63) is 70.3 Å². The van der Waals surface area contributed by atoms with Crippen molar-refractivity contribution in [2.45, 2.75) is 13.5 Å². The van der Waals surface area contributed by atoms with E-state index in [0.29, 0.717) is 22.2 Å². The first-order valence-electron chi connectivity index (χ1n) is 7.27. The fourth-order valence-corrected chi connectivity index (χ4v) is 2.66. The molecule has 0 amide bonds. The summed E-state index contributed by atoms with van der Waals surface area (Å²) in [6, 6.07) is 13.4. The second-order valence-corrected chi connectivity index (χ2v) is 5.31. The number of aromatic nitrogens is 4.